The van der Waals surface area contributed by atoms with Gasteiger partial charge in [0.2, 0.25) is 5.91 Å². The van der Waals surface area contributed by atoms with Crippen molar-refractivity contribution in [2.45, 2.75) is 27.2 Å². The average Bonchev–Trinajstić information content (AvgIpc) is 2.22. The fraction of sp³-hybridized carbons (Fsp3) is 0.909. The Hall–Kier alpha value is -0.610. The van der Waals surface area contributed by atoms with E-state index in [1.807, 2.05) is 6.92 Å². The Labute approximate surface area is 93.2 Å². The molecule has 0 aromatic carbocycles. The van der Waals surface area contributed by atoms with Crippen LogP contribution in [0, 0.1) is 5.92 Å². The van der Waals surface area contributed by atoms with Gasteiger partial charge in [0.15, 0.2) is 0 Å². The molecule has 0 aliphatic heterocycles. The lowest BCUT2D eigenvalue weighted by atomic mass is 10.2. The number of rotatable bonds is 9. The van der Waals surface area contributed by atoms with E-state index in [-0.39, 0.29) is 11.8 Å². The molecular formula is C11H25N3O. The molecule has 0 heterocycles. The molecule has 1 unspecified atom stereocenters. The minimum absolute atomic E-state index is 0.0775. The number of carbonyl (C=O) groups excluding carboxylic acids is 1. The smallest absolute Gasteiger partial charge is 0.221 e. The summed E-state index contributed by atoms with van der Waals surface area (Å²) in [7, 11) is 0. The zero-order valence-electron chi connectivity index (χ0n) is 10.3. The fourth-order valence-corrected chi connectivity index (χ4v) is 1.40. The summed E-state index contributed by atoms with van der Waals surface area (Å²) in [6, 6.07) is 0. The summed E-state index contributed by atoms with van der Waals surface area (Å²) in [5.41, 5.74) is 5.16. The Morgan fingerprint density at radius 2 is 2.07 bits per heavy atom. The molecule has 15 heavy (non-hydrogen) atoms. The molecule has 0 fully saturated rings. The van der Waals surface area contributed by atoms with E-state index in [1.54, 1.807) is 0 Å². The molecular weight excluding hydrogens is 190 g/mol. The number of primary amides is 1. The van der Waals surface area contributed by atoms with Crippen LogP contribution in [0.1, 0.15) is 27.2 Å². The van der Waals surface area contributed by atoms with E-state index < -0.39 is 0 Å². The molecule has 0 spiro atoms. The molecule has 1 atom stereocenters. The van der Waals surface area contributed by atoms with Crippen molar-refractivity contribution < 1.29 is 4.79 Å². The number of hydrogen-bond acceptors (Lipinski definition) is 3. The minimum atomic E-state index is -0.233. The molecule has 4 heteroatoms. The molecule has 3 N–H and O–H groups in total. The van der Waals surface area contributed by atoms with Crippen molar-refractivity contribution in [3.63, 3.8) is 0 Å². The maximum Gasteiger partial charge on any atom is 0.221 e. The molecule has 0 aliphatic rings. The summed E-state index contributed by atoms with van der Waals surface area (Å²) in [6.07, 6.45) is 1.19. The van der Waals surface area contributed by atoms with Gasteiger partial charge in [-0.3, -0.25) is 4.79 Å². The van der Waals surface area contributed by atoms with Gasteiger partial charge >= 0.3 is 0 Å². The summed E-state index contributed by atoms with van der Waals surface area (Å²) < 4.78 is 0. The van der Waals surface area contributed by atoms with E-state index >= 15 is 0 Å². The van der Waals surface area contributed by atoms with Gasteiger partial charge in [0.1, 0.15) is 0 Å². The van der Waals surface area contributed by atoms with Crippen LogP contribution in [-0.2, 0) is 4.79 Å². The molecule has 0 aromatic heterocycles. The molecule has 1 amide bonds. The van der Waals surface area contributed by atoms with Crippen LogP contribution in [-0.4, -0.2) is 43.5 Å². The second-order valence-corrected chi connectivity index (χ2v) is 3.94. The lowest BCUT2D eigenvalue weighted by Gasteiger charge is -2.20. The second kappa shape index (κ2) is 8.68. The third-order valence-electron chi connectivity index (χ3n) is 2.53. The monoisotopic (exact) mass is 215 g/mol. The fourth-order valence-electron chi connectivity index (χ4n) is 1.40. The number of nitrogens with two attached hydrogens (primary N) is 1. The maximum absolute atomic E-state index is 10.8. The Morgan fingerprint density at radius 3 is 2.53 bits per heavy atom. The first kappa shape index (κ1) is 14.4. The molecule has 0 saturated carbocycles. The second-order valence-electron chi connectivity index (χ2n) is 3.94. The minimum Gasteiger partial charge on any atom is -0.369 e. The van der Waals surface area contributed by atoms with E-state index in [4.69, 9.17) is 5.73 Å². The number of nitrogens with zero attached hydrogens (tertiary/aromatic N) is 1. The molecule has 0 saturated heterocycles. The number of amides is 1. The predicted molar refractivity (Wildman–Crippen MR) is 63.6 cm³/mol. The lowest BCUT2D eigenvalue weighted by molar-refractivity contribution is -0.121. The van der Waals surface area contributed by atoms with E-state index in [0.717, 1.165) is 26.2 Å². The Bertz CT molecular complexity index is 173. The quantitative estimate of drug-likeness (QED) is 0.548. The zero-order chi connectivity index (χ0) is 11.7. The summed E-state index contributed by atoms with van der Waals surface area (Å²) in [4.78, 5) is 13.1. The van der Waals surface area contributed by atoms with Gasteiger partial charge in [0, 0.05) is 25.6 Å². The van der Waals surface area contributed by atoms with E-state index in [2.05, 4.69) is 24.1 Å². The van der Waals surface area contributed by atoms with Crippen molar-refractivity contribution in [3.8, 4) is 0 Å². The number of likely N-dealkylation sites (N-methyl/N-ethyl adjacent to an activating group) is 1. The highest BCUT2D eigenvalue weighted by atomic mass is 16.1. The first-order chi connectivity index (χ1) is 7.11. The van der Waals surface area contributed by atoms with Crippen molar-refractivity contribution >= 4 is 5.91 Å². The van der Waals surface area contributed by atoms with Crippen molar-refractivity contribution in [2.75, 3.05) is 32.7 Å². The molecule has 0 radical (unpaired) electrons. The first-order valence-corrected chi connectivity index (χ1v) is 5.84. The van der Waals surface area contributed by atoms with Crippen LogP contribution >= 0.6 is 0 Å². The lowest BCUT2D eigenvalue weighted by Crippen LogP contribution is -2.36. The van der Waals surface area contributed by atoms with E-state index in [0.29, 0.717) is 6.54 Å². The number of carbonyl (C=O) groups is 1. The van der Waals surface area contributed by atoms with Gasteiger partial charge in [-0.2, -0.15) is 0 Å². The Balaban J connectivity index is 3.47. The van der Waals surface area contributed by atoms with Gasteiger partial charge in [-0.15, -0.1) is 0 Å². The zero-order valence-corrected chi connectivity index (χ0v) is 10.3. The number of hydrogen-bond donors (Lipinski definition) is 2. The van der Waals surface area contributed by atoms with Crippen LogP contribution in [0.25, 0.3) is 0 Å². The highest BCUT2D eigenvalue weighted by Crippen LogP contribution is 1.91. The van der Waals surface area contributed by atoms with Crippen LogP contribution in [0.3, 0.4) is 0 Å². The first-order valence-electron chi connectivity index (χ1n) is 5.84. The summed E-state index contributed by atoms with van der Waals surface area (Å²) in [6.45, 7) is 11.1. The van der Waals surface area contributed by atoms with Gasteiger partial charge < -0.3 is 16.0 Å². The largest absolute Gasteiger partial charge is 0.369 e. The van der Waals surface area contributed by atoms with E-state index in [9.17, 15) is 4.79 Å². The maximum atomic E-state index is 10.8. The van der Waals surface area contributed by atoms with Gasteiger partial charge in [0.25, 0.3) is 0 Å². The van der Waals surface area contributed by atoms with Gasteiger partial charge in [0.05, 0.1) is 0 Å². The molecule has 0 bridgehead atoms. The number of nitrogens with one attached hydrogen (secondary N) is 1. The highest BCUT2D eigenvalue weighted by molar-refractivity contribution is 5.76. The van der Waals surface area contributed by atoms with Crippen molar-refractivity contribution in [3.05, 3.63) is 0 Å². The van der Waals surface area contributed by atoms with Crippen molar-refractivity contribution in [2.24, 2.45) is 11.7 Å². The predicted octanol–water partition coefficient (Wildman–Crippen LogP) is 0.429. The van der Waals surface area contributed by atoms with Crippen LogP contribution in [0.5, 0.6) is 0 Å². The van der Waals surface area contributed by atoms with Gasteiger partial charge in [-0.05, 0) is 19.5 Å². The molecule has 90 valence electrons. The summed E-state index contributed by atoms with van der Waals surface area (Å²) in [5.74, 6) is -0.311. The average molecular weight is 215 g/mol. The molecule has 0 rings (SSSR count). The molecule has 4 nitrogen and oxygen atoms in total. The standard InChI is InChI=1S/C11H25N3O/c1-4-7-14(5-2)8-6-13-9-10(3)11(12)15/h10,13H,4-9H2,1-3H3,(H2,12,15). The van der Waals surface area contributed by atoms with Crippen LogP contribution in [0.4, 0.5) is 0 Å². The molecule has 0 aliphatic carbocycles. The van der Waals surface area contributed by atoms with Crippen molar-refractivity contribution in [1.29, 1.82) is 0 Å². The highest BCUT2D eigenvalue weighted by Gasteiger charge is 2.07. The summed E-state index contributed by atoms with van der Waals surface area (Å²) >= 11 is 0. The van der Waals surface area contributed by atoms with Crippen LogP contribution < -0.4 is 11.1 Å². The normalized spacial score (nSPS) is 13.1. The van der Waals surface area contributed by atoms with Gasteiger partial charge in [-0.1, -0.05) is 20.8 Å². The third-order valence-corrected chi connectivity index (χ3v) is 2.53. The SMILES string of the molecule is CCCN(CC)CCNCC(C)C(N)=O. The topological polar surface area (TPSA) is 58.4 Å². The van der Waals surface area contributed by atoms with Gasteiger partial charge in [-0.25, -0.2) is 0 Å². The van der Waals surface area contributed by atoms with Crippen LogP contribution in [0.2, 0.25) is 0 Å². The third kappa shape index (κ3) is 7.33. The van der Waals surface area contributed by atoms with Crippen molar-refractivity contribution in [1.82, 2.24) is 10.2 Å². The Morgan fingerprint density at radius 1 is 1.40 bits per heavy atom. The summed E-state index contributed by atoms with van der Waals surface area (Å²) in [5, 5.41) is 3.25. The Kier molecular flexibility index (Phi) is 8.33. The van der Waals surface area contributed by atoms with E-state index in [1.165, 1.54) is 6.42 Å². The van der Waals surface area contributed by atoms with Crippen LogP contribution in [0.15, 0.2) is 0 Å². The molecule has 0 aromatic rings.